The second-order valence-electron chi connectivity index (χ2n) is 8.43. The SMILES string of the molecule is C=CCO[C@@H]1[C@H]2OC(C)(C)O[C@H]2O[C@@H]1[C@@H](COC(=O)c1ccccc1)OC(=O)c1ccccc1. The summed E-state index contributed by atoms with van der Waals surface area (Å²) >= 11 is 0. The first kappa shape index (κ1) is 24.1. The molecule has 2 aliphatic heterocycles. The number of rotatable bonds is 9. The highest BCUT2D eigenvalue weighted by Gasteiger charge is 2.58. The molecule has 8 nitrogen and oxygen atoms in total. The highest BCUT2D eigenvalue weighted by atomic mass is 16.8. The molecule has 0 unspecified atom stereocenters. The van der Waals surface area contributed by atoms with Gasteiger partial charge in [-0.2, -0.15) is 0 Å². The fraction of sp³-hybridized carbons (Fsp3) is 0.385. The van der Waals surface area contributed by atoms with E-state index >= 15 is 0 Å². The highest BCUT2D eigenvalue weighted by molar-refractivity contribution is 5.90. The molecule has 2 fully saturated rings. The first-order valence-corrected chi connectivity index (χ1v) is 11.1. The molecule has 0 bridgehead atoms. The topological polar surface area (TPSA) is 89.5 Å². The Hall–Kier alpha value is -3.04. The number of hydrogen-bond donors (Lipinski definition) is 0. The normalized spacial score (nSPS) is 25.8. The van der Waals surface area contributed by atoms with Crippen LogP contribution in [0.25, 0.3) is 0 Å². The molecule has 2 aromatic carbocycles. The largest absolute Gasteiger partial charge is 0.458 e. The van der Waals surface area contributed by atoms with Crippen molar-refractivity contribution in [3.63, 3.8) is 0 Å². The van der Waals surface area contributed by atoms with E-state index in [2.05, 4.69) is 6.58 Å². The molecule has 0 aliphatic carbocycles. The lowest BCUT2D eigenvalue weighted by Gasteiger charge is -2.30. The van der Waals surface area contributed by atoms with Crippen LogP contribution in [0.1, 0.15) is 34.6 Å². The average Bonchev–Trinajstić information content (AvgIpc) is 3.32. The van der Waals surface area contributed by atoms with Gasteiger partial charge >= 0.3 is 11.9 Å². The van der Waals surface area contributed by atoms with Crippen LogP contribution in [0.15, 0.2) is 73.3 Å². The minimum atomic E-state index is -0.976. The lowest BCUT2D eigenvalue weighted by molar-refractivity contribution is -0.230. The second kappa shape index (κ2) is 10.5. The summed E-state index contributed by atoms with van der Waals surface area (Å²) in [5.41, 5.74) is 0.741. The molecule has 2 aliphatic rings. The van der Waals surface area contributed by atoms with Crippen LogP contribution in [0.3, 0.4) is 0 Å². The van der Waals surface area contributed by atoms with Crippen LogP contribution < -0.4 is 0 Å². The van der Waals surface area contributed by atoms with Gasteiger partial charge in [-0.15, -0.1) is 6.58 Å². The Kier molecular flexibility index (Phi) is 7.43. The van der Waals surface area contributed by atoms with Crippen LogP contribution >= 0.6 is 0 Å². The van der Waals surface area contributed by atoms with Crippen LogP contribution in [0.4, 0.5) is 0 Å². The number of benzene rings is 2. The van der Waals surface area contributed by atoms with Crippen LogP contribution in [-0.2, 0) is 28.4 Å². The predicted molar refractivity (Wildman–Crippen MR) is 121 cm³/mol. The van der Waals surface area contributed by atoms with Crippen molar-refractivity contribution in [3.8, 4) is 0 Å². The minimum absolute atomic E-state index is 0.223. The lowest BCUT2D eigenvalue weighted by atomic mass is 10.1. The number of hydrogen-bond acceptors (Lipinski definition) is 8. The van der Waals surface area contributed by atoms with Gasteiger partial charge in [0.2, 0.25) is 0 Å². The zero-order valence-corrected chi connectivity index (χ0v) is 19.1. The Bertz CT molecular complexity index is 990. The lowest BCUT2D eigenvalue weighted by Crippen LogP contribution is -2.46. The molecule has 8 heteroatoms. The summed E-state index contributed by atoms with van der Waals surface area (Å²) < 4.78 is 35.2. The molecule has 0 radical (unpaired) electrons. The molecule has 4 rings (SSSR count). The van der Waals surface area contributed by atoms with E-state index in [0.717, 1.165) is 0 Å². The van der Waals surface area contributed by atoms with Crippen LogP contribution in [0, 0.1) is 0 Å². The third-order valence-corrected chi connectivity index (χ3v) is 5.46. The smallest absolute Gasteiger partial charge is 0.338 e. The van der Waals surface area contributed by atoms with E-state index < -0.39 is 48.4 Å². The van der Waals surface area contributed by atoms with Gasteiger partial charge in [0.05, 0.1) is 17.7 Å². The molecular weight excluding hydrogens is 440 g/mol. The van der Waals surface area contributed by atoms with Gasteiger partial charge in [-0.05, 0) is 38.1 Å². The van der Waals surface area contributed by atoms with E-state index in [0.29, 0.717) is 11.1 Å². The summed E-state index contributed by atoms with van der Waals surface area (Å²) in [6.45, 7) is 7.24. The van der Waals surface area contributed by atoms with Crippen molar-refractivity contribution < 1.29 is 38.0 Å². The van der Waals surface area contributed by atoms with E-state index in [9.17, 15) is 9.59 Å². The van der Waals surface area contributed by atoms with Crippen LogP contribution in [0.2, 0.25) is 0 Å². The highest BCUT2D eigenvalue weighted by Crippen LogP contribution is 2.40. The molecule has 5 atom stereocenters. The molecule has 2 heterocycles. The molecule has 0 N–H and O–H groups in total. The average molecular weight is 469 g/mol. The minimum Gasteiger partial charge on any atom is -0.458 e. The van der Waals surface area contributed by atoms with Crippen LogP contribution in [0.5, 0.6) is 0 Å². The third-order valence-electron chi connectivity index (χ3n) is 5.46. The maximum Gasteiger partial charge on any atom is 0.338 e. The summed E-state index contributed by atoms with van der Waals surface area (Å²) in [5.74, 6) is -1.98. The second-order valence-corrected chi connectivity index (χ2v) is 8.43. The zero-order valence-electron chi connectivity index (χ0n) is 19.1. The fourth-order valence-electron chi connectivity index (χ4n) is 3.96. The predicted octanol–water partition coefficient (Wildman–Crippen LogP) is 3.52. The van der Waals surface area contributed by atoms with E-state index in [-0.39, 0.29) is 13.2 Å². The van der Waals surface area contributed by atoms with Crippen molar-refractivity contribution >= 4 is 11.9 Å². The van der Waals surface area contributed by atoms with Crippen molar-refractivity contribution in [2.75, 3.05) is 13.2 Å². The number of fused-ring (bicyclic) bond motifs is 1. The fourth-order valence-corrected chi connectivity index (χ4v) is 3.96. The Morgan fingerprint density at radius 1 is 1.00 bits per heavy atom. The van der Waals surface area contributed by atoms with Crippen LogP contribution in [-0.4, -0.2) is 61.6 Å². The van der Waals surface area contributed by atoms with Gasteiger partial charge in [-0.25, -0.2) is 9.59 Å². The van der Waals surface area contributed by atoms with Crippen molar-refractivity contribution in [1.29, 1.82) is 0 Å². The quantitative estimate of drug-likeness (QED) is 0.408. The maximum absolute atomic E-state index is 12.9. The van der Waals surface area contributed by atoms with Crippen molar-refractivity contribution in [3.05, 3.63) is 84.4 Å². The Morgan fingerprint density at radius 2 is 1.62 bits per heavy atom. The van der Waals surface area contributed by atoms with Gasteiger partial charge in [-0.1, -0.05) is 42.5 Å². The molecule has 0 aromatic heterocycles. The van der Waals surface area contributed by atoms with E-state index in [4.69, 9.17) is 28.4 Å². The molecule has 2 saturated heterocycles. The summed E-state index contributed by atoms with van der Waals surface area (Å²) in [5, 5.41) is 0. The van der Waals surface area contributed by atoms with Crippen molar-refractivity contribution in [2.45, 2.75) is 50.3 Å². The number of ether oxygens (including phenoxy) is 6. The van der Waals surface area contributed by atoms with Gasteiger partial charge in [0.15, 0.2) is 18.2 Å². The van der Waals surface area contributed by atoms with E-state index in [1.807, 2.05) is 0 Å². The molecule has 0 saturated carbocycles. The van der Waals surface area contributed by atoms with Gasteiger partial charge in [0.25, 0.3) is 0 Å². The van der Waals surface area contributed by atoms with Gasteiger partial charge in [-0.3, -0.25) is 0 Å². The molecule has 0 amide bonds. The number of carbonyl (C=O) groups excluding carboxylic acids is 2. The van der Waals surface area contributed by atoms with Gasteiger partial charge < -0.3 is 28.4 Å². The Morgan fingerprint density at radius 3 is 2.24 bits per heavy atom. The first-order valence-electron chi connectivity index (χ1n) is 11.1. The number of esters is 2. The third kappa shape index (κ3) is 5.53. The summed E-state index contributed by atoms with van der Waals surface area (Å²) in [4.78, 5) is 25.4. The standard InChI is InChI=1S/C26H28O8/c1-4-15-29-21-20(32-25-22(21)33-26(2,3)34-25)19(31-24(28)18-13-9-6-10-14-18)16-30-23(27)17-11-7-5-8-12-17/h4-14,19-22,25H,1,15-16H2,2-3H3/t19-,20-,21+,22-,25-/m1/s1. The zero-order chi connectivity index (χ0) is 24.1. The summed E-state index contributed by atoms with van der Waals surface area (Å²) in [6, 6.07) is 17.1. The Balaban J connectivity index is 1.55. The summed E-state index contributed by atoms with van der Waals surface area (Å²) in [7, 11) is 0. The molecule has 0 spiro atoms. The molecule has 34 heavy (non-hydrogen) atoms. The molecule has 180 valence electrons. The monoisotopic (exact) mass is 468 g/mol. The first-order chi connectivity index (χ1) is 16.4. The molecular formula is C26H28O8. The number of carbonyl (C=O) groups is 2. The van der Waals surface area contributed by atoms with Gasteiger partial charge in [0, 0.05) is 0 Å². The van der Waals surface area contributed by atoms with E-state index in [1.165, 1.54) is 0 Å². The summed E-state index contributed by atoms with van der Waals surface area (Å²) in [6.07, 6.45) is -2.10. The Labute approximate surface area is 198 Å². The van der Waals surface area contributed by atoms with Crippen molar-refractivity contribution in [2.24, 2.45) is 0 Å². The van der Waals surface area contributed by atoms with Crippen molar-refractivity contribution in [1.82, 2.24) is 0 Å². The van der Waals surface area contributed by atoms with E-state index in [1.54, 1.807) is 80.6 Å². The van der Waals surface area contributed by atoms with Gasteiger partial charge in [0.1, 0.15) is 24.9 Å². The maximum atomic E-state index is 12.9. The molecule has 2 aromatic rings.